The van der Waals surface area contributed by atoms with Gasteiger partial charge in [0.1, 0.15) is 17.2 Å². The number of halogens is 2. The molecule has 1 aromatic rings. The quantitative estimate of drug-likeness (QED) is 0.709. The van der Waals surface area contributed by atoms with E-state index in [0.29, 0.717) is 19.3 Å². The van der Waals surface area contributed by atoms with E-state index in [1.54, 1.807) is 4.90 Å². The van der Waals surface area contributed by atoms with Crippen LogP contribution in [0.15, 0.2) is 18.2 Å². The largest absolute Gasteiger partial charge is 0.335 e. The average Bonchev–Trinajstić information content (AvgIpc) is 3.36. The van der Waals surface area contributed by atoms with Crippen molar-refractivity contribution in [3.63, 3.8) is 0 Å². The Morgan fingerprint density at radius 2 is 1.93 bits per heavy atom. The fourth-order valence-corrected chi connectivity index (χ4v) is 4.37. The van der Waals surface area contributed by atoms with E-state index in [9.17, 15) is 23.2 Å². The van der Waals surface area contributed by atoms with Crippen molar-refractivity contribution in [2.75, 3.05) is 6.54 Å². The number of hydrogen-bond acceptors (Lipinski definition) is 3. The van der Waals surface area contributed by atoms with E-state index in [0.717, 1.165) is 31.7 Å². The normalized spacial score (nSPS) is 20.4. The highest BCUT2D eigenvalue weighted by molar-refractivity contribution is 6.07. The minimum atomic E-state index is -0.735. The summed E-state index contributed by atoms with van der Waals surface area (Å²) in [6.07, 6.45) is 5.46. The van der Waals surface area contributed by atoms with E-state index in [1.165, 1.54) is 17.0 Å². The van der Waals surface area contributed by atoms with E-state index in [1.807, 2.05) is 0 Å². The summed E-state index contributed by atoms with van der Waals surface area (Å²) in [6, 6.07) is 3.06. The van der Waals surface area contributed by atoms with Crippen LogP contribution in [0.4, 0.5) is 13.6 Å². The zero-order valence-corrected chi connectivity index (χ0v) is 16.3. The minimum absolute atomic E-state index is 0.0745. The number of hydrogen-bond donors (Lipinski definition) is 1. The molecule has 6 nitrogen and oxygen atoms in total. The van der Waals surface area contributed by atoms with Gasteiger partial charge in [-0.15, -0.1) is 0 Å². The molecule has 1 N–H and O–H groups in total. The van der Waals surface area contributed by atoms with Crippen LogP contribution in [-0.4, -0.2) is 45.8 Å². The Morgan fingerprint density at radius 1 is 1.21 bits per heavy atom. The first-order chi connectivity index (χ1) is 13.9. The summed E-state index contributed by atoms with van der Waals surface area (Å²) < 4.78 is 27.1. The van der Waals surface area contributed by atoms with Crippen LogP contribution in [0.1, 0.15) is 56.9 Å². The van der Waals surface area contributed by atoms with Crippen molar-refractivity contribution < 1.29 is 23.2 Å². The standard InChI is InChI=1S/C21H25F2N3O3/c22-15-6-5-14(17(23)12-15)13-26(16-7-8-16)18(27)4-3-11-25-19(28)21(24-20(25)29)9-1-2-10-21/h5-6,12,16H,1-4,7-11,13H2,(H,24,29). The van der Waals surface area contributed by atoms with E-state index in [2.05, 4.69) is 5.32 Å². The second-order valence-corrected chi connectivity index (χ2v) is 8.27. The summed E-state index contributed by atoms with van der Waals surface area (Å²) in [5.74, 6) is -1.63. The molecule has 4 amide bonds. The Morgan fingerprint density at radius 3 is 2.59 bits per heavy atom. The fraction of sp³-hybridized carbons (Fsp3) is 0.571. The first-order valence-corrected chi connectivity index (χ1v) is 10.3. The van der Waals surface area contributed by atoms with E-state index < -0.39 is 17.2 Å². The zero-order valence-electron chi connectivity index (χ0n) is 16.3. The number of imide groups is 1. The van der Waals surface area contributed by atoms with Gasteiger partial charge in [0, 0.05) is 37.2 Å². The lowest BCUT2D eigenvalue weighted by Gasteiger charge is -2.23. The number of amides is 4. The van der Waals surface area contributed by atoms with Crippen LogP contribution in [0.5, 0.6) is 0 Å². The van der Waals surface area contributed by atoms with Crippen molar-refractivity contribution in [2.45, 2.75) is 69.5 Å². The molecule has 2 saturated carbocycles. The summed E-state index contributed by atoms with van der Waals surface area (Å²) in [5.41, 5.74) is -0.453. The third-order valence-corrected chi connectivity index (χ3v) is 6.14. The molecule has 3 fully saturated rings. The van der Waals surface area contributed by atoms with E-state index in [4.69, 9.17) is 0 Å². The highest BCUT2D eigenvalue weighted by Crippen LogP contribution is 2.35. The predicted octanol–water partition coefficient (Wildman–Crippen LogP) is 3.10. The van der Waals surface area contributed by atoms with Gasteiger partial charge in [-0.25, -0.2) is 13.6 Å². The third-order valence-electron chi connectivity index (χ3n) is 6.14. The minimum Gasteiger partial charge on any atom is -0.335 e. The molecular formula is C21H25F2N3O3. The molecule has 0 aromatic heterocycles. The van der Waals surface area contributed by atoms with Crippen molar-refractivity contribution in [1.29, 1.82) is 0 Å². The molecule has 1 aromatic carbocycles. The lowest BCUT2D eigenvalue weighted by Crippen LogP contribution is -2.44. The number of rotatable bonds is 7. The van der Waals surface area contributed by atoms with Gasteiger partial charge in [-0.3, -0.25) is 14.5 Å². The highest BCUT2D eigenvalue weighted by atomic mass is 19.1. The van der Waals surface area contributed by atoms with Crippen LogP contribution in [-0.2, 0) is 16.1 Å². The van der Waals surface area contributed by atoms with Gasteiger partial charge in [0.15, 0.2) is 0 Å². The molecule has 8 heteroatoms. The molecular weight excluding hydrogens is 380 g/mol. The van der Waals surface area contributed by atoms with Crippen LogP contribution in [0, 0.1) is 11.6 Å². The van der Waals surface area contributed by atoms with Crippen LogP contribution in [0.25, 0.3) is 0 Å². The molecule has 2 aliphatic carbocycles. The van der Waals surface area contributed by atoms with Gasteiger partial charge in [-0.1, -0.05) is 18.9 Å². The summed E-state index contributed by atoms with van der Waals surface area (Å²) in [5, 5.41) is 2.83. The number of carbonyl (C=O) groups is 3. The van der Waals surface area contributed by atoms with Gasteiger partial charge in [-0.2, -0.15) is 0 Å². The third kappa shape index (κ3) is 3.97. The molecule has 0 unspecified atom stereocenters. The van der Waals surface area contributed by atoms with Crippen LogP contribution < -0.4 is 5.32 Å². The smallest absolute Gasteiger partial charge is 0.325 e. The molecule has 0 atom stereocenters. The Bertz CT molecular complexity index is 834. The van der Waals surface area contributed by atoms with Crippen molar-refractivity contribution in [2.24, 2.45) is 0 Å². The fourth-order valence-electron chi connectivity index (χ4n) is 4.37. The molecule has 1 aliphatic heterocycles. The van der Waals surface area contributed by atoms with Crippen LogP contribution in [0.3, 0.4) is 0 Å². The van der Waals surface area contributed by atoms with Gasteiger partial charge in [0.2, 0.25) is 5.91 Å². The molecule has 0 bridgehead atoms. The second kappa shape index (κ2) is 7.72. The van der Waals surface area contributed by atoms with Gasteiger partial charge in [-0.05, 0) is 38.2 Å². The maximum absolute atomic E-state index is 14.0. The van der Waals surface area contributed by atoms with Gasteiger partial charge in [0.05, 0.1) is 0 Å². The van der Waals surface area contributed by atoms with Crippen molar-refractivity contribution in [1.82, 2.24) is 15.1 Å². The molecule has 4 rings (SSSR count). The average molecular weight is 405 g/mol. The Labute approximate surface area is 168 Å². The topological polar surface area (TPSA) is 69.7 Å². The summed E-state index contributed by atoms with van der Waals surface area (Å²) in [7, 11) is 0. The van der Waals surface area contributed by atoms with Gasteiger partial charge >= 0.3 is 6.03 Å². The molecule has 29 heavy (non-hydrogen) atoms. The molecule has 1 heterocycles. The number of benzene rings is 1. The zero-order chi connectivity index (χ0) is 20.6. The first kappa shape index (κ1) is 19.8. The molecule has 3 aliphatic rings. The molecule has 1 saturated heterocycles. The van der Waals surface area contributed by atoms with E-state index >= 15 is 0 Å². The molecule has 156 valence electrons. The first-order valence-electron chi connectivity index (χ1n) is 10.3. The maximum Gasteiger partial charge on any atom is 0.325 e. The lowest BCUT2D eigenvalue weighted by atomic mass is 9.98. The monoisotopic (exact) mass is 405 g/mol. The second-order valence-electron chi connectivity index (χ2n) is 8.27. The maximum atomic E-state index is 14.0. The summed E-state index contributed by atoms with van der Waals surface area (Å²) in [4.78, 5) is 40.4. The van der Waals surface area contributed by atoms with Crippen molar-refractivity contribution in [3.8, 4) is 0 Å². The number of urea groups is 1. The van der Waals surface area contributed by atoms with Gasteiger partial charge in [0.25, 0.3) is 5.91 Å². The molecule has 1 spiro atoms. The number of nitrogens with zero attached hydrogens (tertiary/aromatic N) is 2. The van der Waals surface area contributed by atoms with Crippen LogP contribution >= 0.6 is 0 Å². The summed E-state index contributed by atoms with van der Waals surface area (Å²) in [6.45, 7) is 0.295. The molecule has 0 radical (unpaired) electrons. The highest BCUT2D eigenvalue weighted by Gasteiger charge is 2.52. The predicted molar refractivity (Wildman–Crippen MR) is 101 cm³/mol. The SMILES string of the molecule is O=C1NC2(CCCC2)C(=O)N1CCCC(=O)N(Cc1ccc(F)cc1F)C1CC1. The number of carbonyl (C=O) groups excluding carboxylic acids is 3. The summed E-state index contributed by atoms with van der Waals surface area (Å²) >= 11 is 0. The van der Waals surface area contributed by atoms with Crippen molar-refractivity contribution >= 4 is 17.8 Å². The lowest BCUT2D eigenvalue weighted by molar-refractivity contribution is -0.134. The van der Waals surface area contributed by atoms with Crippen molar-refractivity contribution in [3.05, 3.63) is 35.4 Å². The van der Waals surface area contributed by atoms with E-state index in [-0.39, 0.29) is 49.0 Å². The Kier molecular flexibility index (Phi) is 5.27. The Balaban J connectivity index is 1.33. The number of nitrogens with one attached hydrogen (secondary N) is 1. The Hall–Kier alpha value is -2.51. The van der Waals surface area contributed by atoms with Crippen LogP contribution in [0.2, 0.25) is 0 Å². The van der Waals surface area contributed by atoms with Gasteiger partial charge < -0.3 is 10.2 Å².